The summed E-state index contributed by atoms with van der Waals surface area (Å²) in [5.41, 5.74) is 3.43. The zero-order valence-corrected chi connectivity index (χ0v) is 14.2. The van der Waals surface area contributed by atoms with Crippen LogP contribution in [0.25, 0.3) is 11.0 Å². The van der Waals surface area contributed by atoms with E-state index in [4.69, 9.17) is 12.2 Å². The fourth-order valence-corrected chi connectivity index (χ4v) is 3.46. The minimum absolute atomic E-state index is 0.0210. The Hall–Kier alpha value is -2.98. The lowest BCUT2D eigenvalue weighted by atomic mass is 9.97. The molecule has 0 saturated carbocycles. The van der Waals surface area contributed by atoms with Crippen molar-refractivity contribution < 1.29 is 4.79 Å². The zero-order valence-electron chi connectivity index (χ0n) is 13.4. The molecule has 122 valence electrons. The maximum Gasteiger partial charge on any atom is 0.190 e. The number of hydrogen-bond donors (Lipinski definition) is 1. The fourth-order valence-electron chi connectivity index (χ4n) is 3.14. The van der Waals surface area contributed by atoms with Crippen molar-refractivity contribution in [2.24, 2.45) is 0 Å². The molecular weight excluding hydrogens is 328 g/mol. The number of imidazole rings is 1. The minimum atomic E-state index is -0.507. The number of Topliss-reactive ketones (excluding diaryl/α,β-unsaturated/α-hetero) is 1. The zero-order chi connectivity index (χ0) is 17.2. The first-order valence-electron chi connectivity index (χ1n) is 8.09. The Morgan fingerprint density at radius 3 is 2.16 bits per heavy atom. The van der Waals surface area contributed by atoms with Crippen molar-refractivity contribution in [3.05, 3.63) is 101 Å². The Balaban J connectivity index is 1.97. The summed E-state index contributed by atoms with van der Waals surface area (Å²) < 4.78 is 2.45. The number of aromatic nitrogens is 2. The standard InChI is InChI=1S/C21H16N2OS/c24-20(16-11-5-2-6-12-16)19(15-9-3-1-4-10-15)23-18-14-8-7-13-17(18)22-21(23)25/h1-14,19H,(H,22,25)/t19-/m0/s1. The number of benzene rings is 3. The van der Waals surface area contributed by atoms with Gasteiger partial charge in [-0.05, 0) is 29.9 Å². The minimum Gasteiger partial charge on any atom is -0.331 e. The number of aromatic amines is 1. The molecule has 1 atom stereocenters. The third kappa shape index (κ3) is 2.81. The van der Waals surface area contributed by atoms with Crippen LogP contribution in [0.4, 0.5) is 0 Å². The molecule has 0 amide bonds. The van der Waals surface area contributed by atoms with Gasteiger partial charge >= 0.3 is 0 Å². The van der Waals surface area contributed by atoms with Crippen LogP contribution >= 0.6 is 12.2 Å². The molecule has 1 aromatic heterocycles. The average molecular weight is 344 g/mol. The van der Waals surface area contributed by atoms with Crippen molar-refractivity contribution in [2.75, 3.05) is 0 Å². The molecule has 4 heteroatoms. The van der Waals surface area contributed by atoms with Crippen molar-refractivity contribution in [3.63, 3.8) is 0 Å². The van der Waals surface area contributed by atoms with Crippen LogP contribution in [0.3, 0.4) is 0 Å². The number of carbonyl (C=O) groups excluding carboxylic acids is 1. The number of H-pyrrole nitrogens is 1. The van der Waals surface area contributed by atoms with Gasteiger partial charge in [0.05, 0.1) is 11.0 Å². The molecule has 0 aliphatic heterocycles. The van der Waals surface area contributed by atoms with E-state index in [9.17, 15) is 4.79 Å². The number of fused-ring (bicyclic) bond motifs is 1. The van der Waals surface area contributed by atoms with Crippen molar-refractivity contribution in [1.82, 2.24) is 9.55 Å². The molecule has 0 bridgehead atoms. The van der Waals surface area contributed by atoms with E-state index in [2.05, 4.69) is 4.98 Å². The summed E-state index contributed by atoms with van der Waals surface area (Å²) in [6.45, 7) is 0. The number of para-hydroxylation sites is 2. The molecule has 0 radical (unpaired) electrons. The molecule has 0 spiro atoms. The van der Waals surface area contributed by atoms with Gasteiger partial charge in [-0.3, -0.25) is 4.79 Å². The van der Waals surface area contributed by atoms with Crippen LogP contribution in [0.5, 0.6) is 0 Å². The van der Waals surface area contributed by atoms with E-state index >= 15 is 0 Å². The third-order valence-corrected chi connectivity index (χ3v) is 4.60. The Bertz CT molecular complexity index is 1080. The molecule has 0 aliphatic carbocycles. The molecule has 0 fully saturated rings. The first-order valence-corrected chi connectivity index (χ1v) is 8.50. The molecule has 3 aromatic carbocycles. The SMILES string of the molecule is O=C(c1ccccc1)[C@H](c1ccccc1)n1c(=S)[nH]c2ccccc21. The van der Waals surface area contributed by atoms with Crippen molar-refractivity contribution in [1.29, 1.82) is 0 Å². The predicted molar refractivity (Wildman–Crippen MR) is 102 cm³/mol. The van der Waals surface area contributed by atoms with E-state index < -0.39 is 6.04 Å². The molecule has 0 aliphatic rings. The lowest BCUT2D eigenvalue weighted by Crippen LogP contribution is -2.21. The van der Waals surface area contributed by atoms with Gasteiger partial charge in [0.15, 0.2) is 10.6 Å². The average Bonchev–Trinajstić information content (AvgIpc) is 3.00. The van der Waals surface area contributed by atoms with E-state index in [1.807, 2.05) is 89.5 Å². The van der Waals surface area contributed by atoms with Gasteiger partial charge in [0, 0.05) is 5.56 Å². The lowest BCUT2D eigenvalue weighted by molar-refractivity contribution is 0.0947. The molecule has 1 heterocycles. The summed E-state index contributed by atoms with van der Waals surface area (Å²) in [6.07, 6.45) is 0. The summed E-state index contributed by atoms with van der Waals surface area (Å²) in [6, 6.07) is 26.5. The van der Waals surface area contributed by atoms with E-state index in [1.165, 1.54) is 0 Å². The van der Waals surface area contributed by atoms with Gasteiger partial charge in [-0.25, -0.2) is 0 Å². The van der Waals surface area contributed by atoms with E-state index in [0.717, 1.165) is 16.6 Å². The monoisotopic (exact) mass is 344 g/mol. The summed E-state index contributed by atoms with van der Waals surface area (Å²) in [5.74, 6) is 0.0210. The summed E-state index contributed by atoms with van der Waals surface area (Å²) in [5, 5.41) is 0. The predicted octanol–water partition coefficient (Wildman–Crippen LogP) is 5.17. The third-order valence-electron chi connectivity index (χ3n) is 4.30. The number of carbonyl (C=O) groups is 1. The van der Waals surface area contributed by atoms with Crippen molar-refractivity contribution in [2.45, 2.75) is 6.04 Å². The largest absolute Gasteiger partial charge is 0.331 e. The lowest BCUT2D eigenvalue weighted by Gasteiger charge is -2.19. The van der Waals surface area contributed by atoms with Crippen LogP contribution in [0.2, 0.25) is 0 Å². The van der Waals surface area contributed by atoms with Gasteiger partial charge in [-0.1, -0.05) is 72.8 Å². The van der Waals surface area contributed by atoms with Gasteiger partial charge in [0.1, 0.15) is 6.04 Å². The number of rotatable bonds is 4. The molecule has 0 unspecified atom stereocenters. The maximum atomic E-state index is 13.4. The number of hydrogen-bond acceptors (Lipinski definition) is 2. The highest BCUT2D eigenvalue weighted by Gasteiger charge is 2.26. The highest BCUT2D eigenvalue weighted by Crippen LogP contribution is 2.28. The highest BCUT2D eigenvalue weighted by atomic mass is 32.1. The topological polar surface area (TPSA) is 37.8 Å². The first-order chi connectivity index (χ1) is 12.3. The molecule has 1 N–H and O–H groups in total. The quantitative estimate of drug-likeness (QED) is 0.409. The number of ketones is 1. The van der Waals surface area contributed by atoms with E-state index in [0.29, 0.717) is 10.3 Å². The maximum absolute atomic E-state index is 13.4. The summed E-state index contributed by atoms with van der Waals surface area (Å²) in [4.78, 5) is 16.6. The summed E-state index contributed by atoms with van der Waals surface area (Å²) >= 11 is 5.55. The van der Waals surface area contributed by atoms with Gasteiger partial charge < -0.3 is 9.55 Å². The second-order valence-electron chi connectivity index (χ2n) is 5.86. The second kappa shape index (κ2) is 6.49. The van der Waals surface area contributed by atoms with Crippen molar-refractivity contribution in [3.8, 4) is 0 Å². The Morgan fingerprint density at radius 2 is 1.44 bits per heavy atom. The molecule has 4 aromatic rings. The van der Waals surface area contributed by atoms with Crippen LogP contribution in [0.1, 0.15) is 22.0 Å². The van der Waals surface area contributed by atoms with E-state index in [-0.39, 0.29) is 5.78 Å². The van der Waals surface area contributed by atoms with E-state index in [1.54, 1.807) is 0 Å². The van der Waals surface area contributed by atoms with Gasteiger partial charge in [-0.2, -0.15) is 0 Å². The van der Waals surface area contributed by atoms with Crippen LogP contribution in [0, 0.1) is 4.77 Å². The molecule has 3 nitrogen and oxygen atoms in total. The first kappa shape index (κ1) is 15.5. The molecule has 0 saturated heterocycles. The second-order valence-corrected chi connectivity index (χ2v) is 6.25. The van der Waals surface area contributed by atoms with Gasteiger partial charge in [-0.15, -0.1) is 0 Å². The van der Waals surface area contributed by atoms with Gasteiger partial charge in [0.25, 0.3) is 0 Å². The Kier molecular flexibility index (Phi) is 4.04. The fraction of sp³-hybridized carbons (Fsp3) is 0.0476. The van der Waals surface area contributed by atoms with Gasteiger partial charge in [0.2, 0.25) is 0 Å². The molecule has 25 heavy (non-hydrogen) atoms. The van der Waals surface area contributed by atoms with Crippen LogP contribution < -0.4 is 0 Å². The molecule has 4 rings (SSSR count). The normalized spacial score (nSPS) is 12.2. The number of nitrogens with one attached hydrogen (secondary N) is 1. The van der Waals surface area contributed by atoms with Crippen LogP contribution in [0.15, 0.2) is 84.9 Å². The molecular formula is C21H16N2OS. The Morgan fingerprint density at radius 1 is 0.840 bits per heavy atom. The van der Waals surface area contributed by atoms with Crippen LogP contribution in [-0.4, -0.2) is 15.3 Å². The smallest absolute Gasteiger partial charge is 0.190 e. The Labute approximate surface area is 150 Å². The highest BCUT2D eigenvalue weighted by molar-refractivity contribution is 7.71. The van der Waals surface area contributed by atoms with Crippen LogP contribution in [-0.2, 0) is 0 Å². The summed E-state index contributed by atoms with van der Waals surface area (Å²) in [7, 11) is 0. The number of nitrogens with zero attached hydrogens (tertiary/aromatic N) is 1. The van der Waals surface area contributed by atoms with Crippen molar-refractivity contribution >= 4 is 29.0 Å².